The maximum Gasteiger partial charge on any atom is 0.416 e. The lowest BCUT2D eigenvalue weighted by molar-refractivity contribution is -0.137. The number of carbonyl (C=O) groups is 1. The number of anilines is 1. The zero-order valence-corrected chi connectivity index (χ0v) is 13.5. The lowest BCUT2D eigenvalue weighted by atomic mass is 9.49. The smallest absolute Gasteiger partial charge is 0.326 e. The normalized spacial score (nSPS) is 34.4. The van der Waals surface area contributed by atoms with Crippen molar-refractivity contribution in [3.8, 4) is 0 Å². The lowest BCUT2D eigenvalue weighted by Gasteiger charge is -2.56. The Morgan fingerprint density at radius 1 is 1.00 bits per heavy atom. The second-order valence-electron chi connectivity index (χ2n) is 8.22. The first kappa shape index (κ1) is 16.0. The number of benzene rings is 1. The highest BCUT2D eigenvalue weighted by Gasteiger charge is 2.51. The van der Waals surface area contributed by atoms with E-state index in [1.165, 1.54) is 31.4 Å². The summed E-state index contributed by atoms with van der Waals surface area (Å²) in [6.45, 7) is 0. The van der Waals surface area contributed by atoms with Gasteiger partial charge in [0.05, 0.1) is 5.56 Å². The van der Waals surface area contributed by atoms with Crippen LogP contribution in [-0.2, 0) is 11.0 Å². The minimum absolute atomic E-state index is 0.0586. The molecular formula is C19H22F3NO. The molecule has 4 bridgehead atoms. The molecular weight excluding hydrogens is 315 g/mol. The third-order valence-corrected chi connectivity index (χ3v) is 6.20. The first-order valence-electron chi connectivity index (χ1n) is 8.78. The van der Waals surface area contributed by atoms with Gasteiger partial charge in [0.15, 0.2) is 0 Å². The van der Waals surface area contributed by atoms with Gasteiger partial charge in [-0.1, -0.05) is 0 Å². The van der Waals surface area contributed by atoms with Gasteiger partial charge in [0, 0.05) is 12.1 Å². The van der Waals surface area contributed by atoms with Crippen molar-refractivity contribution in [2.24, 2.45) is 23.2 Å². The van der Waals surface area contributed by atoms with Crippen LogP contribution in [-0.4, -0.2) is 5.91 Å². The van der Waals surface area contributed by atoms with E-state index in [4.69, 9.17) is 0 Å². The Bertz CT molecular complexity index is 600. The average molecular weight is 337 g/mol. The molecule has 0 spiro atoms. The summed E-state index contributed by atoms with van der Waals surface area (Å²) in [7, 11) is 0. The number of hydrogen-bond acceptors (Lipinski definition) is 1. The molecule has 24 heavy (non-hydrogen) atoms. The van der Waals surface area contributed by atoms with Gasteiger partial charge in [0.25, 0.3) is 0 Å². The van der Waals surface area contributed by atoms with E-state index >= 15 is 0 Å². The predicted molar refractivity (Wildman–Crippen MR) is 85.3 cm³/mol. The van der Waals surface area contributed by atoms with Crippen LogP contribution in [0.3, 0.4) is 0 Å². The fourth-order valence-corrected chi connectivity index (χ4v) is 5.79. The number of carbonyl (C=O) groups excluding carboxylic acids is 1. The van der Waals surface area contributed by atoms with Crippen molar-refractivity contribution < 1.29 is 18.0 Å². The van der Waals surface area contributed by atoms with Crippen molar-refractivity contribution in [1.29, 1.82) is 0 Å². The van der Waals surface area contributed by atoms with Crippen LogP contribution >= 0.6 is 0 Å². The van der Waals surface area contributed by atoms with E-state index in [9.17, 15) is 18.0 Å². The fourth-order valence-electron chi connectivity index (χ4n) is 5.79. The summed E-state index contributed by atoms with van der Waals surface area (Å²) >= 11 is 0. The highest BCUT2D eigenvalue weighted by Crippen LogP contribution is 2.61. The van der Waals surface area contributed by atoms with Crippen LogP contribution < -0.4 is 5.32 Å². The molecule has 5 rings (SSSR count). The van der Waals surface area contributed by atoms with Crippen molar-refractivity contribution in [2.75, 3.05) is 5.32 Å². The van der Waals surface area contributed by atoms with E-state index in [2.05, 4.69) is 5.32 Å². The molecule has 1 amide bonds. The molecule has 0 aromatic heterocycles. The van der Waals surface area contributed by atoms with Gasteiger partial charge in [0.1, 0.15) is 0 Å². The Kier molecular flexibility index (Phi) is 3.66. The third-order valence-electron chi connectivity index (χ3n) is 6.20. The van der Waals surface area contributed by atoms with Gasteiger partial charge in [-0.25, -0.2) is 0 Å². The van der Waals surface area contributed by atoms with Crippen LogP contribution in [0.5, 0.6) is 0 Å². The summed E-state index contributed by atoms with van der Waals surface area (Å²) in [5.74, 6) is 2.30. The van der Waals surface area contributed by atoms with Gasteiger partial charge < -0.3 is 5.32 Å². The first-order valence-corrected chi connectivity index (χ1v) is 8.78. The molecule has 1 aromatic rings. The van der Waals surface area contributed by atoms with Crippen molar-refractivity contribution in [2.45, 2.75) is 51.1 Å². The monoisotopic (exact) mass is 337 g/mol. The molecule has 0 atom stereocenters. The molecule has 4 aliphatic rings. The Balaban J connectivity index is 1.40. The quantitative estimate of drug-likeness (QED) is 0.802. The Hall–Kier alpha value is -1.52. The third kappa shape index (κ3) is 3.05. The van der Waals surface area contributed by atoms with Crippen LogP contribution in [0.25, 0.3) is 0 Å². The standard InChI is InChI=1S/C19H22F3NO/c20-19(21,22)15-1-3-16(4-2-15)23-17(24)11-18-8-12-5-13(9-18)7-14(6-12)10-18/h1-4,12-14H,5-11H2,(H,23,24). The molecule has 4 aliphatic carbocycles. The maximum absolute atomic E-state index is 12.6. The van der Waals surface area contributed by atoms with E-state index in [1.54, 1.807) is 0 Å². The number of halogens is 3. The van der Waals surface area contributed by atoms with Gasteiger partial charge in [-0.2, -0.15) is 13.2 Å². The van der Waals surface area contributed by atoms with E-state index in [1.807, 2.05) is 0 Å². The zero-order valence-electron chi connectivity index (χ0n) is 13.5. The minimum Gasteiger partial charge on any atom is -0.326 e. The molecule has 4 fully saturated rings. The van der Waals surface area contributed by atoms with Crippen molar-refractivity contribution >= 4 is 11.6 Å². The molecule has 1 aromatic carbocycles. The second-order valence-corrected chi connectivity index (χ2v) is 8.22. The fraction of sp³-hybridized carbons (Fsp3) is 0.632. The molecule has 2 nitrogen and oxygen atoms in total. The van der Waals surface area contributed by atoms with Crippen molar-refractivity contribution in [1.82, 2.24) is 0 Å². The summed E-state index contributed by atoms with van der Waals surface area (Å²) in [5.41, 5.74) is -0.107. The van der Waals surface area contributed by atoms with Gasteiger partial charge in [-0.3, -0.25) is 4.79 Å². The number of rotatable bonds is 3. The SMILES string of the molecule is O=C(CC12CC3CC(CC(C3)C1)C2)Nc1ccc(C(F)(F)F)cc1. The first-order chi connectivity index (χ1) is 11.3. The number of hydrogen-bond donors (Lipinski definition) is 1. The maximum atomic E-state index is 12.6. The molecule has 0 saturated heterocycles. The molecule has 0 heterocycles. The molecule has 0 radical (unpaired) electrons. The van der Waals surface area contributed by atoms with Gasteiger partial charge in [0.2, 0.25) is 5.91 Å². The summed E-state index contributed by atoms with van der Waals surface area (Å²) < 4.78 is 37.8. The zero-order chi connectivity index (χ0) is 16.9. The number of alkyl halides is 3. The van der Waals surface area contributed by atoms with Crippen LogP contribution in [0.15, 0.2) is 24.3 Å². The second kappa shape index (κ2) is 5.50. The van der Waals surface area contributed by atoms with Crippen molar-refractivity contribution in [3.05, 3.63) is 29.8 Å². The number of amides is 1. The topological polar surface area (TPSA) is 29.1 Å². The molecule has 0 aliphatic heterocycles. The molecule has 130 valence electrons. The van der Waals surface area contributed by atoms with E-state index in [0.717, 1.165) is 49.1 Å². The Labute approximate surface area is 139 Å². The van der Waals surface area contributed by atoms with E-state index in [0.29, 0.717) is 12.1 Å². The lowest BCUT2D eigenvalue weighted by Crippen LogP contribution is -2.47. The summed E-state index contributed by atoms with van der Waals surface area (Å²) in [6, 6.07) is 4.70. The van der Waals surface area contributed by atoms with Gasteiger partial charge >= 0.3 is 6.18 Å². The highest BCUT2D eigenvalue weighted by atomic mass is 19.4. The van der Waals surface area contributed by atoms with E-state index < -0.39 is 11.7 Å². The summed E-state index contributed by atoms with van der Waals surface area (Å²) in [6.07, 6.45) is 3.62. The van der Waals surface area contributed by atoms with Crippen LogP contribution in [0.1, 0.15) is 50.5 Å². The molecule has 4 saturated carbocycles. The molecule has 5 heteroatoms. The number of nitrogens with one attached hydrogen (secondary N) is 1. The van der Waals surface area contributed by atoms with Gasteiger partial charge in [-0.15, -0.1) is 0 Å². The highest BCUT2D eigenvalue weighted by molar-refractivity contribution is 5.91. The minimum atomic E-state index is -4.35. The summed E-state index contributed by atoms with van der Waals surface area (Å²) in [5, 5.41) is 2.79. The van der Waals surface area contributed by atoms with Crippen molar-refractivity contribution in [3.63, 3.8) is 0 Å². The molecule has 0 unspecified atom stereocenters. The van der Waals surface area contributed by atoms with E-state index in [-0.39, 0.29) is 11.3 Å². The average Bonchev–Trinajstić information content (AvgIpc) is 2.44. The molecule has 1 N–H and O–H groups in total. The van der Waals surface area contributed by atoms with Crippen LogP contribution in [0.2, 0.25) is 0 Å². The predicted octanol–water partition coefficient (Wildman–Crippen LogP) is 5.25. The Morgan fingerprint density at radius 2 is 1.50 bits per heavy atom. The van der Waals surface area contributed by atoms with Gasteiger partial charge in [-0.05, 0) is 86.0 Å². The Morgan fingerprint density at radius 3 is 1.96 bits per heavy atom. The largest absolute Gasteiger partial charge is 0.416 e. The summed E-state index contributed by atoms with van der Waals surface area (Å²) in [4.78, 5) is 12.4. The van der Waals surface area contributed by atoms with Crippen LogP contribution in [0, 0.1) is 23.2 Å². The van der Waals surface area contributed by atoms with Crippen LogP contribution in [0.4, 0.5) is 18.9 Å².